The zero-order valence-electron chi connectivity index (χ0n) is 17.7. The average molecular weight is 417 g/mol. The molecular formula is C22H28N2O4S. The molecule has 0 fully saturated rings. The fourth-order valence-electron chi connectivity index (χ4n) is 3.56. The van der Waals surface area contributed by atoms with Crippen molar-refractivity contribution in [3.8, 4) is 0 Å². The van der Waals surface area contributed by atoms with E-state index < -0.39 is 12.0 Å². The van der Waals surface area contributed by atoms with Gasteiger partial charge in [0.25, 0.3) is 5.91 Å². The number of amides is 1. The lowest BCUT2D eigenvalue weighted by Crippen LogP contribution is -2.43. The molecule has 0 radical (unpaired) electrons. The van der Waals surface area contributed by atoms with Crippen LogP contribution in [0.3, 0.4) is 0 Å². The van der Waals surface area contributed by atoms with Gasteiger partial charge in [-0.15, -0.1) is 17.9 Å². The topological polar surface area (TPSA) is 68.6 Å². The second-order valence-electron chi connectivity index (χ2n) is 6.66. The number of hydrogen-bond donors (Lipinski definition) is 0. The Bertz CT molecular complexity index is 912. The summed E-state index contributed by atoms with van der Waals surface area (Å²) in [6, 6.07) is 2.84. The normalized spacial score (nSPS) is 11.8. The number of nitrogens with zero attached hydrogens (tertiary/aromatic N) is 2. The molecule has 6 nitrogen and oxygen atoms in total. The van der Waals surface area contributed by atoms with E-state index in [1.807, 2.05) is 19.2 Å². The maximum atomic E-state index is 13.4. The van der Waals surface area contributed by atoms with Crippen LogP contribution in [-0.4, -0.2) is 46.3 Å². The van der Waals surface area contributed by atoms with E-state index in [2.05, 4.69) is 6.58 Å². The van der Waals surface area contributed by atoms with Crippen LogP contribution in [0, 0.1) is 13.8 Å². The second kappa shape index (κ2) is 9.69. The standard InChI is InChI=1S/C22H28N2O4S/c1-7-12-24(21(26)17-11-10-13-29-17)16(6)20(25)18-14(4)19(22(27)28-9-3)23(8-2)15(18)5/h7,10-11,13,16H,1,8-9,12H2,2-6H3/t16-/m1/s1. The molecule has 2 heterocycles. The zero-order chi connectivity index (χ0) is 21.7. The van der Waals surface area contributed by atoms with E-state index in [1.54, 1.807) is 43.5 Å². The van der Waals surface area contributed by atoms with E-state index in [0.29, 0.717) is 33.9 Å². The summed E-state index contributed by atoms with van der Waals surface area (Å²) in [5.41, 5.74) is 2.14. The van der Waals surface area contributed by atoms with Gasteiger partial charge in [0.05, 0.1) is 17.5 Å². The van der Waals surface area contributed by atoms with Crippen molar-refractivity contribution >= 4 is 29.0 Å². The molecule has 2 aromatic heterocycles. The Labute approximate surface area is 175 Å². The molecule has 7 heteroatoms. The minimum absolute atomic E-state index is 0.204. The molecule has 1 amide bonds. The summed E-state index contributed by atoms with van der Waals surface area (Å²) in [5.74, 6) is -0.861. The van der Waals surface area contributed by atoms with Gasteiger partial charge in [-0.05, 0) is 51.6 Å². The van der Waals surface area contributed by atoms with E-state index >= 15 is 0 Å². The van der Waals surface area contributed by atoms with Gasteiger partial charge in [-0.3, -0.25) is 9.59 Å². The van der Waals surface area contributed by atoms with Crippen molar-refractivity contribution in [3.05, 3.63) is 57.6 Å². The molecule has 1 atom stereocenters. The Morgan fingerprint density at radius 1 is 1.31 bits per heavy atom. The van der Waals surface area contributed by atoms with Crippen LogP contribution < -0.4 is 0 Å². The van der Waals surface area contributed by atoms with Crippen LogP contribution in [-0.2, 0) is 11.3 Å². The van der Waals surface area contributed by atoms with Crippen LogP contribution in [0.4, 0.5) is 0 Å². The molecule has 0 N–H and O–H groups in total. The van der Waals surface area contributed by atoms with Crippen molar-refractivity contribution in [2.75, 3.05) is 13.2 Å². The number of Topliss-reactive ketones (excluding diaryl/α,β-unsaturated/α-hetero) is 1. The van der Waals surface area contributed by atoms with Gasteiger partial charge < -0.3 is 14.2 Å². The lowest BCUT2D eigenvalue weighted by atomic mass is 9.99. The van der Waals surface area contributed by atoms with Gasteiger partial charge in [0.1, 0.15) is 5.69 Å². The highest BCUT2D eigenvalue weighted by molar-refractivity contribution is 7.12. The number of rotatable bonds is 9. The van der Waals surface area contributed by atoms with Crippen LogP contribution in [0.25, 0.3) is 0 Å². The Hall–Kier alpha value is -2.67. The predicted octanol–water partition coefficient (Wildman–Crippen LogP) is 4.26. The first kappa shape index (κ1) is 22.6. The van der Waals surface area contributed by atoms with Gasteiger partial charge in [-0.25, -0.2) is 4.79 Å². The average Bonchev–Trinajstić information content (AvgIpc) is 3.31. The zero-order valence-corrected chi connectivity index (χ0v) is 18.5. The number of carbonyl (C=O) groups excluding carboxylic acids is 3. The summed E-state index contributed by atoms with van der Waals surface area (Å²) < 4.78 is 6.98. The van der Waals surface area contributed by atoms with Gasteiger partial charge >= 0.3 is 5.97 Å². The number of hydrogen-bond acceptors (Lipinski definition) is 5. The molecule has 0 saturated heterocycles. The number of aromatic nitrogens is 1. The molecule has 0 aromatic carbocycles. The van der Waals surface area contributed by atoms with Crippen molar-refractivity contribution < 1.29 is 19.1 Å². The summed E-state index contributed by atoms with van der Waals surface area (Å²) in [6.07, 6.45) is 1.61. The molecule has 2 aromatic rings. The molecule has 29 heavy (non-hydrogen) atoms. The summed E-state index contributed by atoms with van der Waals surface area (Å²) >= 11 is 1.33. The Kier molecular flexibility index (Phi) is 7.56. The molecule has 0 spiro atoms. The highest BCUT2D eigenvalue weighted by Crippen LogP contribution is 2.26. The first-order valence-electron chi connectivity index (χ1n) is 9.66. The summed E-state index contributed by atoms with van der Waals surface area (Å²) in [6.45, 7) is 13.7. The third kappa shape index (κ3) is 4.34. The molecule has 0 aliphatic carbocycles. The Morgan fingerprint density at radius 2 is 2.00 bits per heavy atom. The van der Waals surface area contributed by atoms with Gasteiger partial charge in [0.2, 0.25) is 0 Å². The number of ketones is 1. The summed E-state index contributed by atoms with van der Waals surface area (Å²) in [4.78, 5) is 40.9. The SMILES string of the molecule is C=CCN(C(=O)c1cccs1)[C@H](C)C(=O)c1c(C)c(C(=O)OCC)n(CC)c1C. The van der Waals surface area contributed by atoms with Crippen LogP contribution >= 0.6 is 11.3 Å². The van der Waals surface area contributed by atoms with E-state index in [9.17, 15) is 14.4 Å². The summed E-state index contributed by atoms with van der Waals surface area (Å²) in [5, 5.41) is 1.83. The maximum absolute atomic E-state index is 13.4. The highest BCUT2D eigenvalue weighted by atomic mass is 32.1. The molecule has 0 aliphatic heterocycles. The van der Waals surface area contributed by atoms with Crippen LogP contribution in [0.2, 0.25) is 0 Å². The van der Waals surface area contributed by atoms with E-state index in [-0.39, 0.29) is 24.8 Å². The highest BCUT2D eigenvalue weighted by Gasteiger charge is 2.33. The van der Waals surface area contributed by atoms with Crippen molar-refractivity contribution in [1.29, 1.82) is 0 Å². The molecule has 156 valence electrons. The lowest BCUT2D eigenvalue weighted by molar-refractivity contribution is 0.0512. The van der Waals surface area contributed by atoms with Crippen molar-refractivity contribution in [3.63, 3.8) is 0 Å². The van der Waals surface area contributed by atoms with Crippen molar-refractivity contribution in [2.24, 2.45) is 0 Å². The third-order valence-electron chi connectivity index (χ3n) is 4.96. The van der Waals surface area contributed by atoms with Crippen LogP contribution in [0.15, 0.2) is 30.2 Å². The van der Waals surface area contributed by atoms with Gasteiger partial charge in [-0.1, -0.05) is 12.1 Å². The van der Waals surface area contributed by atoms with Gasteiger partial charge in [0.15, 0.2) is 5.78 Å². The first-order chi connectivity index (χ1) is 13.8. The number of ether oxygens (including phenoxy) is 1. The molecule has 0 unspecified atom stereocenters. The van der Waals surface area contributed by atoms with Crippen LogP contribution in [0.5, 0.6) is 0 Å². The number of thiophene rings is 1. The minimum atomic E-state index is -0.706. The molecule has 0 bridgehead atoms. The number of carbonyl (C=O) groups is 3. The van der Waals surface area contributed by atoms with E-state index in [1.165, 1.54) is 16.2 Å². The Morgan fingerprint density at radius 3 is 2.52 bits per heavy atom. The fraction of sp³-hybridized carbons (Fsp3) is 0.409. The number of esters is 1. The third-order valence-corrected chi connectivity index (χ3v) is 5.82. The predicted molar refractivity (Wildman–Crippen MR) is 115 cm³/mol. The van der Waals surface area contributed by atoms with Crippen LogP contribution in [0.1, 0.15) is 62.5 Å². The van der Waals surface area contributed by atoms with E-state index in [0.717, 1.165) is 0 Å². The van der Waals surface area contributed by atoms with E-state index in [4.69, 9.17) is 4.74 Å². The first-order valence-corrected chi connectivity index (χ1v) is 10.5. The minimum Gasteiger partial charge on any atom is -0.461 e. The second-order valence-corrected chi connectivity index (χ2v) is 7.61. The summed E-state index contributed by atoms with van der Waals surface area (Å²) in [7, 11) is 0. The smallest absolute Gasteiger partial charge is 0.355 e. The molecule has 0 aliphatic rings. The Balaban J connectivity index is 2.47. The maximum Gasteiger partial charge on any atom is 0.355 e. The van der Waals surface area contributed by atoms with Crippen molar-refractivity contribution in [1.82, 2.24) is 9.47 Å². The van der Waals surface area contributed by atoms with Crippen molar-refractivity contribution in [2.45, 2.75) is 47.2 Å². The quantitative estimate of drug-likeness (QED) is 0.348. The largest absolute Gasteiger partial charge is 0.461 e. The molecule has 2 rings (SSSR count). The fourth-order valence-corrected chi connectivity index (χ4v) is 4.24. The van der Waals surface area contributed by atoms with Gasteiger partial charge in [0, 0.05) is 24.3 Å². The monoisotopic (exact) mass is 416 g/mol. The lowest BCUT2D eigenvalue weighted by Gasteiger charge is -2.27. The molecular weight excluding hydrogens is 388 g/mol. The van der Waals surface area contributed by atoms with Gasteiger partial charge in [-0.2, -0.15) is 0 Å². The molecule has 0 saturated carbocycles.